The van der Waals surface area contributed by atoms with Crippen LogP contribution in [-0.2, 0) is 13.0 Å². The van der Waals surface area contributed by atoms with Crippen molar-refractivity contribution in [2.45, 2.75) is 46.6 Å². The Hall–Kier alpha value is -1.81. The van der Waals surface area contributed by atoms with E-state index in [2.05, 4.69) is 6.92 Å². The van der Waals surface area contributed by atoms with Crippen LogP contribution in [0.5, 0.6) is 5.75 Å². The lowest BCUT2D eigenvalue weighted by atomic mass is 9.96. The molecule has 2 N–H and O–H groups in total. The SMILES string of the molecule is CCc1cc2c(C)cc(=O)oc2c(C[NH+]2CCC(C)CC2)c1O. The van der Waals surface area contributed by atoms with Crippen LogP contribution in [0.15, 0.2) is 21.3 Å². The highest BCUT2D eigenvalue weighted by molar-refractivity contribution is 5.86. The predicted octanol–water partition coefficient (Wildman–Crippen LogP) is 2.18. The van der Waals surface area contributed by atoms with Crippen LogP contribution in [0.25, 0.3) is 11.0 Å². The number of rotatable bonds is 3. The van der Waals surface area contributed by atoms with Crippen LogP contribution < -0.4 is 10.5 Å². The molecule has 0 aliphatic carbocycles. The number of fused-ring (bicyclic) bond motifs is 1. The van der Waals surface area contributed by atoms with Gasteiger partial charge in [-0.05, 0) is 49.3 Å². The molecule has 1 saturated heterocycles. The minimum atomic E-state index is -0.345. The average Bonchev–Trinajstić information content (AvgIpc) is 2.52. The Morgan fingerprint density at radius 3 is 2.65 bits per heavy atom. The van der Waals surface area contributed by atoms with Gasteiger partial charge < -0.3 is 14.4 Å². The molecule has 4 nitrogen and oxygen atoms in total. The molecule has 1 aliphatic rings. The minimum Gasteiger partial charge on any atom is -0.507 e. The Morgan fingerprint density at radius 2 is 2.00 bits per heavy atom. The first kappa shape index (κ1) is 16.1. The number of hydrogen-bond acceptors (Lipinski definition) is 3. The number of phenolic OH excluding ortho intramolecular Hbond substituents is 1. The van der Waals surface area contributed by atoms with Crippen LogP contribution in [0, 0.1) is 12.8 Å². The third-order valence-corrected chi connectivity index (χ3v) is 5.18. The van der Waals surface area contributed by atoms with Crippen LogP contribution >= 0.6 is 0 Å². The molecule has 1 aromatic heterocycles. The van der Waals surface area contributed by atoms with Gasteiger partial charge in [-0.15, -0.1) is 0 Å². The molecule has 0 radical (unpaired) electrons. The zero-order chi connectivity index (χ0) is 16.6. The van der Waals surface area contributed by atoms with Crippen molar-refractivity contribution in [2.75, 3.05) is 13.1 Å². The Balaban J connectivity index is 2.09. The van der Waals surface area contributed by atoms with Crippen molar-refractivity contribution in [3.8, 4) is 5.75 Å². The third kappa shape index (κ3) is 3.13. The molecule has 124 valence electrons. The van der Waals surface area contributed by atoms with Gasteiger partial charge in [0.25, 0.3) is 0 Å². The first-order valence-electron chi connectivity index (χ1n) is 8.61. The molecular weight excluding hydrogens is 290 g/mol. The maximum atomic E-state index is 11.8. The van der Waals surface area contributed by atoms with Crippen molar-refractivity contribution in [2.24, 2.45) is 5.92 Å². The van der Waals surface area contributed by atoms with E-state index in [9.17, 15) is 9.90 Å². The molecule has 4 heteroatoms. The Labute approximate surface area is 136 Å². The zero-order valence-electron chi connectivity index (χ0n) is 14.2. The van der Waals surface area contributed by atoms with Crippen molar-refractivity contribution < 1.29 is 14.4 Å². The van der Waals surface area contributed by atoms with E-state index in [4.69, 9.17) is 4.42 Å². The van der Waals surface area contributed by atoms with Crippen molar-refractivity contribution in [1.29, 1.82) is 0 Å². The molecular formula is C19H26NO3+. The summed E-state index contributed by atoms with van der Waals surface area (Å²) in [5, 5.41) is 11.6. The zero-order valence-corrected chi connectivity index (χ0v) is 14.2. The van der Waals surface area contributed by atoms with Gasteiger partial charge in [-0.1, -0.05) is 13.8 Å². The Bertz CT molecular complexity index is 770. The number of hydrogen-bond donors (Lipinski definition) is 2. The van der Waals surface area contributed by atoms with Crippen molar-refractivity contribution in [3.05, 3.63) is 39.2 Å². The van der Waals surface area contributed by atoms with E-state index in [0.717, 1.165) is 54.0 Å². The molecule has 2 heterocycles. The van der Waals surface area contributed by atoms with Crippen LogP contribution in [0.3, 0.4) is 0 Å². The van der Waals surface area contributed by atoms with Crippen molar-refractivity contribution in [3.63, 3.8) is 0 Å². The summed E-state index contributed by atoms with van der Waals surface area (Å²) in [4.78, 5) is 13.3. The smallest absolute Gasteiger partial charge is 0.336 e. The minimum absolute atomic E-state index is 0.305. The first-order chi connectivity index (χ1) is 11.0. The number of aryl methyl sites for hydroxylation is 2. The maximum Gasteiger partial charge on any atom is 0.336 e. The van der Waals surface area contributed by atoms with E-state index in [1.54, 1.807) is 0 Å². The Kier molecular flexibility index (Phi) is 4.44. The molecule has 0 amide bonds. The fraction of sp³-hybridized carbons (Fsp3) is 0.526. The second kappa shape index (κ2) is 6.36. The fourth-order valence-corrected chi connectivity index (χ4v) is 3.60. The highest BCUT2D eigenvalue weighted by atomic mass is 16.4. The molecule has 0 saturated carbocycles. The average molecular weight is 316 g/mol. The summed E-state index contributed by atoms with van der Waals surface area (Å²) in [6, 6.07) is 3.48. The summed E-state index contributed by atoms with van der Waals surface area (Å²) in [5.41, 5.74) is 2.85. The van der Waals surface area contributed by atoms with E-state index >= 15 is 0 Å². The predicted molar refractivity (Wildman–Crippen MR) is 91.1 cm³/mol. The van der Waals surface area contributed by atoms with E-state index in [1.165, 1.54) is 23.8 Å². The van der Waals surface area contributed by atoms with Gasteiger partial charge in [0, 0.05) is 11.5 Å². The summed E-state index contributed by atoms with van der Waals surface area (Å²) in [5.74, 6) is 1.09. The largest absolute Gasteiger partial charge is 0.507 e. The summed E-state index contributed by atoms with van der Waals surface area (Å²) in [6.45, 7) is 9.19. The number of phenols is 1. The van der Waals surface area contributed by atoms with Gasteiger partial charge in [-0.3, -0.25) is 0 Å². The lowest BCUT2D eigenvalue weighted by Gasteiger charge is -2.28. The van der Waals surface area contributed by atoms with E-state index in [0.29, 0.717) is 11.3 Å². The fourth-order valence-electron chi connectivity index (χ4n) is 3.60. The molecule has 3 rings (SSSR count). The van der Waals surface area contributed by atoms with Crippen LogP contribution in [0.1, 0.15) is 43.4 Å². The molecule has 1 fully saturated rings. The molecule has 0 spiro atoms. The second-order valence-electron chi connectivity index (χ2n) is 6.95. The highest BCUT2D eigenvalue weighted by Crippen LogP contribution is 2.32. The number of piperidine rings is 1. The quantitative estimate of drug-likeness (QED) is 0.854. The summed E-state index contributed by atoms with van der Waals surface area (Å²) in [6.07, 6.45) is 3.19. The summed E-state index contributed by atoms with van der Waals surface area (Å²) in [7, 11) is 0. The standard InChI is InChI=1S/C19H25NO3/c1-4-14-10-15-13(3)9-17(21)23-19(15)16(18(14)22)11-20-7-5-12(2)6-8-20/h9-10,12,22H,4-8,11H2,1-3H3/p+1. The van der Waals surface area contributed by atoms with Gasteiger partial charge >= 0.3 is 5.63 Å². The van der Waals surface area contributed by atoms with Crippen LogP contribution in [0.4, 0.5) is 0 Å². The normalized spacial score (nSPS) is 21.7. The highest BCUT2D eigenvalue weighted by Gasteiger charge is 2.24. The monoisotopic (exact) mass is 316 g/mol. The molecule has 0 bridgehead atoms. The molecule has 0 unspecified atom stereocenters. The molecule has 2 aromatic rings. The van der Waals surface area contributed by atoms with Gasteiger partial charge in [0.05, 0.1) is 18.7 Å². The lowest BCUT2D eigenvalue weighted by molar-refractivity contribution is -0.919. The van der Waals surface area contributed by atoms with Crippen LogP contribution in [0.2, 0.25) is 0 Å². The lowest BCUT2D eigenvalue weighted by Crippen LogP contribution is -3.11. The first-order valence-corrected chi connectivity index (χ1v) is 8.61. The molecule has 0 atom stereocenters. The van der Waals surface area contributed by atoms with E-state index < -0.39 is 0 Å². The maximum absolute atomic E-state index is 11.8. The summed E-state index contributed by atoms with van der Waals surface area (Å²) < 4.78 is 5.49. The van der Waals surface area contributed by atoms with Crippen molar-refractivity contribution in [1.82, 2.24) is 0 Å². The van der Waals surface area contributed by atoms with Gasteiger partial charge in [-0.2, -0.15) is 0 Å². The molecule has 23 heavy (non-hydrogen) atoms. The second-order valence-corrected chi connectivity index (χ2v) is 6.95. The summed E-state index contributed by atoms with van der Waals surface area (Å²) >= 11 is 0. The number of likely N-dealkylation sites (tertiary alicyclic amines) is 1. The van der Waals surface area contributed by atoms with Gasteiger partial charge in [0.1, 0.15) is 12.3 Å². The van der Waals surface area contributed by atoms with Crippen LogP contribution in [-0.4, -0.2) is 18.2 Å². The Morgan fingerprint density at radius 1 is 1.30 bits per heavy atom. The van der Waals surface area contributed by atoms with Gasteiger partial charge in [-0.25, -0.2) is 4.79 Å². The third-order valence-electron chi connectivity index (χ3n) is 5.18. The number of aromatic hydroxyl groups is 1. The van der Waals surface area contributed by atoms with E-state index in [-0.39, 0.29) is 5.63 Å². The number of nitrogens with one attached hydrogen (secondary N) is 1. The number of benzene rings is 1. The van der Waals surface area contributed by atoms with Crippen molar-refractivity contribution >= 4 is 11.0 Å². The topological polar surface area (TPSA) is 54.9 Å². The van der Waals surface area contributed by atoms with Gasteiger partial charge in [0.2, 0.25) is 0 Å². The van der Waals surface area contributed by atoms with Gasteiger partial charge in [0.15, 0.2) is 5.58 Å². The number of quaternary nitrogens is 1. The molecule has 1 aliphatic heterocycles. The molecule has 1 aromatic carbocycles. The van der Waals surface area contributed by atoms with E-state index in [1.807, 2.05) is 19.9 Å².